The zero-order chi connectivity index (χ0) is 10.7. The van der Waals surface area contributed by atoms with Gasteiger partial charge in [0.1, 0.15) is 18.2 Å². The fourth-order valence-electron chi connectivity index (χ4n) is 1.31. The lowest BCUT2D eigenvalue weighted by Gasteiger charge is -2.05. The zero-order valence-electron chi connectivity index (χ0n) is 8.53. The molecule has 2 aromatic rings. The number of ether oxygens (including phenoxy) is 1. The van der Waals surface area contributed by atoms with Gasteiger partial charge in [-0.3, -0.25) is 0 Å². The molecule has 0 spiro atoms. The highest BCUT2D eigenvalue weighted by Crippen LogP contribution is 2.15. The maximum atomic E-state index is 5.61. The number of rotatable bonds is 3. The zero-order valence-corrected chi connectivity index (χ0v) is 8.53. The smallest absolute Gasteiger partial charge is 0.148 e. The Labute approximate surface area is 88.1 Å². The molecule has 0 aliphatic rings. The third-order valence-corrected chi connectivity index (χ3v) is 2.12. The summed E-state index contributed by atoms with van der Waals surface area (Å²) in [5.41, 5.74) is 7.59. The Bertz CT molecular complexity index is 451. The lowest BCUT2D eigenvalue weighted by atomic mass is 10.2. The van der Waals surface area contributed by atoms with Crippen molar-refractivity contribution in [3.63, 3.8) is 0 Å². The summed E-state index contributed by atoms with van der Waals surface area (Å²) in [6.45, 7) is 2.44. The molecule has 0 atom stereocenters. The van der Waals surface area contributed by atoms with Crippen LogP contribution >= 0.6 is 0 Å². The van der Waals surface area contributed by atoms with Crippen LogP contribution in [-0.4, -0.2) is 9.97 Å². The van der Waals surface area contributed by atoms with Crippen molar-refractivity contribution >= 4 is 5.82 Å². The molecule has 3 N–H and O–H groups in total. The van der Waals surface area contributed by atoms with E-state index < -0.39 is 0 Å². The Kier molecular flexibility index (Phi) is 2.58. The molecule has 4 heteroatoms. The van der Waals surface area contributed by atoms with E-state index in [1.165, 1.54) is 5.56 Å². The van der Waals surface area contributed by atoms with E-state index in [1.54, 1.807) is 6.33 Å². The number of aromatic nitrogens is 2. The van der Waals surface area contributed by atoms with E-state index in [0.717, 1.165) is 11.4 Å². The molecule has 1 aromatic carbocycles. The maximum absolute atomic E-state index is 5.61. The third-order valence-electron chi connectivity index (χ3n) is 2.12. The number of imidazole rings is 1. The van der Waals surface area contributed by atoms with Crippen LogP contribution in [-0.2, 0) is 6.61 Å². The minimum atomic E-state index is 0.412. The Morgan fingerprint density at radius 3 is 3.00 bits per heavy atom. The van der Waals surface area contributed by atoms with Crippen LogP contribution in [0.25, 0.3) is 0 Å². The number of hydrogen-bond acceptors (Lipinski definition) is 3. The van der Waals surface area contributed by atoms with Crippen molar-refractivity contribution in [2.75, 3.05) is 5.73 Å². The summed E-state index contributed by atoms with van der Waals surface area (Å²) < 4.78 is 5.56. The number of hydrogen-bond donors (Lipinski definition) is 2. The SMILES string of the molecule is Cc1cccc(OCc2[nH]cnc2N)c1. The van der Waals surface area contributed by atoms with Gasteiger partial charge >= 0.3 is 0 Å². The van der Waals surface area contributed by atoms with Crippen molar-refractivity contribution in [2.24, 2.45) is 0 Å². The summed E-state index contributed by atoms with van der Waals surface area (Å²) in [5, 5.41) is 0. The molecule has 0 saturated heterocycles. The Morgan fingerprint density at radius 2 is 2.33 bits per heavy atom. The van der Waals surface area contributed by atoms with Crippen molar-refractivity contribution < 1.29 is 4.74 Å². The molecule has 4 nitrogen and oxygen atoms in total. The van der Waals surface area contributed by atoms with Gasteiger partial charge in [0, 0.05) is 0 Å². The molecule has 0 fully saturated rings. The van der Waals surface area contributed by atoms with E-state index in [4.69, 9.17) is 10.5 Å². The van der Waals surface area contributed by atoms with Gasteiger partial charge in [0.2, 0.25) is 0 Å². The average molecular weight is 203 g/mol. The van der Waals surface area contributed by atoms with E-state index in [1.807, 2.05) is 31.2 Å². The van der Waals surface area contributed by atoms with Gasteiger partial charge in [-0.05, 0) is 24.6 Å². The van der Waals surface area contributed by atoms with Gasteiger partial charge in [-0.25, -0.2) is 4.98 Å². The molecule has 0 amide bonds. The minimum absolute atomic E-state index is 0.412. The van der Waals surface area contributed by atoms with Crippen LogP contribution in [0.1, 0.15) is 11.3 Å². The number of nitrogens with two attached hydrogens (primary N) is 1. The van der Waals surface area contributed by atoms with Gasteiger partial charge in [-0.2, -0.15) is 0 Å². The molecule has 0 unspecified atom stereocenters. The second-order valence-corrected chi connectivity index (χ2v) is 3.37. The monoisotopic (exact) mass is 203 g/mol. The first-order chi connectivity index (χ1) is 7.25. The largest absolute Gasteiger partial charge is 0.487 e. The first-order valence-electron chi connectivity index (χ1n) is 4.73. The number of nitrogen functional groups attached to an aromatic ring is 1. The number of nitrogens with one attached hydrogen (secondary N) is 1. The lowest BCUT2D eigenvalue weighted by Crippen LogP contribution is -1.99. The Balaban J connectivity index is 2.02. The molecule has 0 aliphatic heterocycles. The van der Waals surface area contributed by atoms with E-state index >= 15 is 0 Å². The van der Waals surface area contributed by atoms with Gasteiger partial charge in [0.05, 0.1) is 12.0 Å². The molecule has 1 aromatic heterocycles. The molecule has 78 valence electrons. The van der Waals surface area contributed by atoms with Gasteiger partial charge < -0.3 is 15.5 Å². The summed E-state index contributed by atoms with van der Waals surface area (Å²) >= 11 is 0. The second-order valence-electron chi connectivity index (χ2n) is 3.37. The van der Waals surface area contributed by atoms with E-state index in [0.29, 0.717) is 12.4 Å². The summed E-state index contributed by atoms with van der Waals surface area (Å²) in [5.74, 6) is 1.33. The quantitative estimate of drug-likeness (QED) is 0.800. The fourth-order valence-corrected chi connectivity index (χ4v) is 1.31. The minimum Gasteiger partial charge on any atom is -0.487 e. The van der Waals surface area contributed by atoms with Crippen LogP contribution in [0.4, 0.5) is 5.82 Å². The average Bonchev–Trinajstić information content (AvgIpc) is 2.61. The third kappa shape index (κ3) is 2.28. The van der Waals surface area contributed by atoms with Gasteiger partial charge in [0.25, 0.3) is 0 Å². The second kappa shape index (κ2) is 4.04. The summed E-state index contributed by atoms with van der Waals surface area (Å²) in [7, 11) is 0. The number of nitrogens with zero attached hydrogens (tertiary/aromatic N) is 1. The maximum Gasteiger partial charge on any atom is 0.148 e. The lowest BCUT2D eigenvalue weighted by molar-refractivity contribution is 0.302. The molecular weight excluding hydrogens is 190 g/mol. The molecule has 0 saturated carbocycles. The Morgan fingerprint density at radius 1 is 1.47 bits per heavy atom. The van der Waals surface area contributed by atoms with Crippen LogP contribution in [0.3, 0.4) is 0 Å². The first-order valence-corrected chi connectivity index (χ1v) is 4.73. The molecule has 1 heterocycles. The fraction of sp³-hybridized carbons (Fsp3) is 0.182. The van der Waals surface area contributed by atoms with Crippen LogP contribution in [0.15, 0.2) is 30.6 Å². The van der Waals surface area contributed by atoms with Gasteiger partial charge in [-0.1, -0.05) is 12.1 Å². The van der Waals surface area contributed by atoms with Crippen molar-refractivity contribution in [2.45, 2.75) is 13.5 Å². The topological polar surface area (TPSA) is 63.9 Å². The summed E-state index contributed by atoms with van der Waals surface area (Å²) in [6, 6.07) is 7.88. The Hall–Kier alpha value is -1.97. The first kappa shape index (κ1) is 9.58. The normalized spacial score (nSPS) is 10.2. The standard InChI is InChI=1S/C11H13N3O/c1-8-3-2-4-9(5-8)15-6-10-11(12)14-7-13-10/h2-5,7H,6,12H2,1H3,(H,13,14). The molecule has 0 aliphatic carbocycles. The van der Waals surface area contributed by atoms with Crippen molar-refractivity contribution in [1.82, 2.24) is 9.97 Å². The summed E-state index contributed by atoms with van der Waals surface area (Å²) in [6.07, 6.45) is 1.56. The van der Waals surface area contributed by atoms with E-state index in [-0.39, 0.29) is 0 Å². The van der Waals surface area contributed by atoms with Crippen LogP contribution < -0.4 is 10.5 Å². The number of anilines is 1. The van der Waals surface area contributed by atoms with Crippen LogP contribution in [0, 0.1) is 6.92 Å². The number of H-pyrrole nitrogens is 1. The molecule has 15 heavy (non-hydrogen) atoms. The van der Waals surface area contributed by atoms with Crippen LogP contribution in [0.2, 0.25) is 0 Å². The predicted octanol–water partition coefficient (Wildman–Crippen LogP) is 1.88. The van der Waals surface area contributed by atoms with Crippen LogP contribution in [0.5, 0.6) is 5.75 Å². The van der Waals surface area contributed by atoms with Crippen molar-refractivity contribution in [3.8, 4) is 5.75 Å². The predicted molar refractivity (Wildman–Crippen MR) is 58.5 cm³/mol. The highest BCUT2D eigenvalue weighted by atomic mass is 16.5. The molecule has 2 rings (SSSR count). The van der Waals surface area contributed by atoms with Crippen molar-refractivity contribution in [3.05, 3.63) is 41.9 Å². The molecule has 0 bridgehead atoms. The number of aryl methyl sites for hydroxylation is 1. The van der Waals surface area contributed by atoms with Gasteiger partial charge in [-0.15, -0.1) is 0 Å². The highest BCUT2D eigenvalue weighted by molar-refractivity contribution is 5.34. The molecule has 0 radical (unpaired) electrons. The van der Waals surface area contributed by atoms with Gasteiger partial charge in [0.15, 0.2) is 0 Å². The number of aromatic amines is 1. The highest BCUT2D eigenvalue weighted by Gasteiger charge is 2.02. The van der Waals surface area contributed by atoms with Crippen molar-refractivity contribution in [1.29, 1.82) is 0 Å². The van der Waals surface area contributed by atoms with E-state index in [9.17, 15) is 0 Å². The van der Waals surface area contributed by atoms with E-state index in [2.05, 4.69) is 9.97 Å². The summed E-state index contributed by atoms with van der Waals surface area (Å²) in [4.78, 5) is 6.82. The number of benzene rings is 1. The molecular formula is C11H13N3O.